The fourth-order valence-electron chi connectivity index (χ4n) is 5.20. The first kappa shape index (κ1) is 24.6. The summed E-state index contributed by atoms with van der Waals surface area (Å²) in [7, 11) is 4.70. The molecular weight excluding hydrogens is 468 g/mol. The van der Waals surface area contributed by atoms with Crippen molar-refractivity contribution in [1.29, 1.82) is 0 Å². The number of rotatable bonds is 8. The maximum Gasteiger partial charge on any atom is 0.251 e. The Balaban J connectivity index is 1.44. The Bertz CT molecular complexity index is 1390. The van der Waals surface area contributed by atoms with E-state index < -0.39 is 0 Å². The van der Waals surface area contributed by atoms with Crippen molar-refractivity contribution in [2.45, 2.75) is 44.7 Å². The number of nitrogens with zero attached hydrogens (tertiary/aromatic N) is 3. The maximum absolute atomic E-state index is 13.1. The summed E-state index contributed by atoms with van der Waals surface area (Å²) >= 11 is 0. The third-order valence-corrected chi connectivity index (χ3v) is 7.01. The number of ether oxygens (including phenoxy) is 3. The van der Waals surface area contributed by atoms with Gasteiger partial charge in [-0.05, 0) is 55.3 Å². The standard InChI is InChI=1S/C29H32N4O4/c1-35-25-15-13-20(26(36-2)27(25)37-3)18-31-29(34)19-12-14-24-23(17-19)32-28(22-11-7-8-16-30-22)33(24)21-9-5-4-6-10-21/h7-8,11-17,21H,4-6,9-10,18H2,1-3H3,(H,31,34). The third-order valence-electron chi connectivity index (χ3n) is 7.01. The van der Waals surface area contributed by atoms with Crippen LogP contribution in [0.5, 0.6) is 17.2 Å². The SMILES string of the molecule is COc1ccc(CNC(=O)c2ccc3c(c2)nc(-c2ccccn2)n3C2CCCCC2)c(OC)c1OC. The van der Waals surface area contributed by atoms with Crippen LogP contribution in [0, 0.1) is 0 Å². The van der Waals surface area contributed by atoms with Crippen LogP contribution in [0.15, 0.2) is 54.7 Å². The zero-order valence-electron chi connectivity index (χ0n) is 21.5. The zero-order chi connectivity index (χ0) is 25.8. The van der Waals surface area contributed by atoms with E-state index in [0.717, 1.165) is 41.0 Å². The Kier molecular flexibility index (Phi) is 7.25. The summed E-state index contributed by atoms with van der Waals surface area (Å²) in [5.41, 5.74) is 4.01. The smallest absolute Gasteiger partial charge is 0.251 e. The molecule has 1 aliphatic carbocycles. The summed E-state index contributed by atoms with van der Waals surface area (Å²) in [6, 6.07) is 15.7. The van der Waals surface area contributed by atoms with E-state index in [1.54, 1.807) is 33.6 Å². The van der Waals surface area contributed by atoms with Crippen molar-refractivity contribution < 1.29 is 19.0 Å². The molecule has 0 unspecified atom stereocenters. The van der Waals surface area contributed by atoms with Crippen molar-refractivity contribution in [3.63, 3.8) is 0 Å². The van der Waals surface area contributed by atoms with Gasteiger partial charge in [-0.1, -0.05) is 25.3 Å². The molecule has 2 heterocycles. The summed E-state index contributed by atoms with van der Waals surface area (Å²) < 4.78 is 18.7. The van der Waals surface area contributed by atoms with Crippen LogP contribution in [-0.4, -0.2) is 41.8 Å². The molecule has 4 aromatic rings. The number of aromatic nitrogens is 3. The quantitative estimate of drug-likeness (QED) is 0.341. The van der Waals surface area contributed by atoms with Crippen molar-refractivity contribution in [3.05, 3.63) is 65.9 Å². The van der Waals surface area contributed by atoms with Gasteiger partial charge in [-0.15, -0.1) is 0 Å². The Morgan fingerprint density at radius 3 is 2.49 bits per heavy atom. The third kappa shape index (κ3) is 4.83. The van der Waals surface area contributed by atoms with Crippen LogP contribution >= 0.6 is 0 Å². The Morgan fingerprint density at radius 1 is 0.973 bits per heavy atom. The van der Waals surface area contributed by atoms with Crippen LogP contribution in [0.3, 0.4) is 0 Å². The van der Waals surface area contributed by atoms with Gasteiger partial charge in [0.15, 0.2) is 17.3 Å². The molecule has 37 heavy (non-hydrogen) atoms. The number of benzene rings is 2. The van der Waals surface area contributed by atoms with E-state index in [2.05, 4.69) is 14.9 Å². The highest BCUT2D eigenvalue weighted by Gasteiger charge is 2.24. The average Bonchev–Trinajstić information content (AvgIpc) is 3.35. The first-order valence-electron chi connectivity index (χ1n) is 12.6. The number of methoxy groups -OCH3 is 3. The van der Waals surface area contributed by atoms with E-state index in [9.17, 15) is 4.79 Å². The summed E-state index contributed by atoms with van der Waals surface area (Å²) in [6.07, 6.45) is 7.75. The second-order valence-electron chi connectivity index (χ2n) is 9.19. The highest BCUT2D eigenvalue weighted by Crippen LogP contribution is 2.40. The fraction of sp³-hybridized carbons (Fsp3) is 0.345. The highest BCUT2D eigenvalue weighted by molar-refractivity contribution is 5.98. The van der Waals surface area contributed by atoms with Crippen molar-refractivity contribution in [1.82, 2.24) is 19.9 Å². The summed E-state index contributed by atoms with van der Waals surface area (Å²) in [4.78, 5) is 22.7. The van der Waals surface area contributed by atoms with Gasteiger partial charge in [-0.2, -0.15) is 0 Å². The van der Waals surface area contributed by atoms with E-state index in [-0.39, 0.29) is 12.5 Å². The van der Waals surface area contributed by atoms with Crippen molar-refractivity contribution in [2.75, 3.05) is 21.3 Å². The van der Waals surface area contributed by atoms with Crippen LogP contribution < -0.4 is 19.5 Å². The van der Waals surface area contributed by atoms with Crippen LogP contribution in [-0.2, 0) is 6.54 Å². The van der Waals surface area contributed by atoms with Gasteiger partial charge < -0.3 is 24.1 Å². The molecule has 2 aromatic heterocycles. The molecule has 1 saturated carbocycles. The normalized spacial score (nSPS) is 13.9. The van der Waals surface area contributed by atoms with E-state index in [4.69, 9.17) is 19.2 Å². The molecule has 0 bridgehead atoms. The number of carbonyl (C=O) groups is 1. The number of carbonyl (C=O) groups excluding carboxylic acids is 1. The second-order valence-corrected chi connectivity index (χ2v) is 9.19. The number of amides is 1. The summed E-state index contributed by atoms with van der Waals surface area (Å²) in [5, 5.41) is 3.00. The molecule has 5 rings (SSSR count). The molecule has 0 atom stereocenters. The molecule has 1 amide bonds. The summed E-state index contributed by atoms with van der Waals surface area (Å²) in [5.74, 6) is 2.26. The Hall–Kier alpha value is -4.07. The van der Waals surface area contributed by atoms with Gasteiger partial charge in [0.1, 0.15) is 5.69 Å². The van der Waals surface area contributed by atoms with Gasteiger partial charge in [0.25, 0.3) is 5.91 Å². The predicted octanol–water partition coefficient (Wildman–Crippen LogP) is 5.56. The van der Waals surface area contributed by atoms with Gasteiger partial charge in [-0.25, -0.2) is 4.98 Å². The largest absolute Gasteiger partial charge is 0.493 e. The first-order valence-corrected chi connectivity index (χ1v) is 12.6. The Morgan fingerprint density at radius 2 is 1.78 bits per heavy atom. The molecule has 192 valence electrons. The number of hydrogen-bond acceptors (Lipinski definition) is 6. The van der Waals surface area contributed by atoms with E-state index in [0.29, 0.717) is 28.9 Å². The minimum absolute atomic E-state index is 0.189. The number of imidazole rings is 1. The van der Waals surface area contributed by atoms with Crippen LogP contribution in [0.1, 0.15) is 54.1 Å². The van der Waals surface area contributed by atoms with Gasteiger partial charge in [0.05, 0.1) is 32.4 Å². The molecule has 1 aliphatic rings. The molecule has 0 aliphatic heterocycles. The number of fused-ring (bicyclic) bond motifs is 1. The maximum atomic E-state index is 13.1. The molecule has 8 nitrogen and oxygen atoms in total. The zero-order valence-corrected chi connectivity index (χ0v) is 21.5. The number of pyridine rings is 1. The lowest BCUT2D eigenvalue weighted by Crippen LogP contribution is -2.23. The van der Waals surface area contributed by atoms with Crippen molar-refractivity contribution >= 4 is 16.9 Å². The number of nitrogens with one attached hydrogen (secondary N) is 1. The summed E-state index contributed by atoms with van der Waals surface area (Å²) in [6.45, 7) is 0.274. The van der Waals surface area contributed by atoms with Crippen molar-refractivity contribution in [3.8, 4) is 28.8 Å². The van der Waals surface area contributed by atoms with Crippen LogP contribution in [0.4, 0.5) is 0 Å². The monoisotopic (exact) mass is 500 g/mol. The average molecular weight is 501 g/mol. The minimum Gasteiger partial charge on any atom is -0.493 e. The second kappa shape index (κ2) is 10.9. The Labute approximate surface area is 216 Å². The van der Waals surface area contributed by atoms with Gasteiger partial charge in [-0.3, -0.25) is 9.78 Å². The van der Waals surface area contributed by atoms with Gasteiger partial charge in [0.2, 0.25) is 5.75 Å². The molecule has 2 aromatic carbocycles. The first-order chi connectivity index (χ1) is 18.1. The molecule has 0 spiro atoms. The lowest BCUT2D eigenvalue weighted by Gasteiger charge is -2.25. The molecule has 1 fully saturated rings. The molecule has 0 saturated heterocycles. The van der Waals surface area contributed by atoms with Gasteiger partial charge >= 0.3 is 0 Å². The predicted molar refractivity (Wildman–Crippen MR) is 142 cm³/mol. The van der Waals surface area contributed by atoms with Crippen LogP contribution in [0.2, 0.25) is 0 Å². The lowest BCUT2D eigenvalue weighted by molar-refractivity contribution is 0.0950. The van der Waals surface area contributed by atoms with E-state index in [1.165, 1.54) is 19.3 Å². The highest BCUT2D eigenvalue weighted by atomic mass is 16.5. The minimum atomic E-state index is -0.189. The van der Waals surface area contributed by atoms with E-state index >= 15 is 0 Å². The van der Waals surface area contributed by atoms with Gasteiger partial charge in [0, 0.05) is 29.9 Å². The lowest BCUT2D eigenvalue weighted by atomic mass is 9.95. The molecular formula is C29H32N4O4. The molecule has 1 N–H and O–H groups in total. The number of hydrogen-bond donors (Lipinski definition) is 1. The topological polar surface area (TPSA) is 87.5 Å². The fourth-order valence-corrected chi connectivity index (χ4v) is 5.20. The van der Waals surface area contributed by atoms with Crippen molar-refractivity contribution in [2.24, 2.45) is 0 Å². The molecule has 0 radical (unpaired) electrons. The van der Waals surface area contributed by atoms with Crippen LogP contribution in [0.25, 0.3) is 22.6 Å². The van der Waals surface area contributed by atoms with E-state index in [1.807, 2.05) is 42.5 Å². The molecule has 8 heteroatoms.